The van der Waals surface area contributed by atoms with Crippen molar-refractivity contribution >= 4 is 22.6 Å². The van der Waals surface area contributed by atoms with Crippen molar-refractivity contribution in [3.63, 3.8) is 0 Å². The van der Waals surface area contributed by atoms with Gasteiger partial charge in [0.15, 0.2) is 0 Å². The van der Waals surface area contributed by atoms with E-state index >= 15 is 0 Å². The van der Waals surface area contributed by atoms with Gasteiger partial charge in [0.2, 0.25) is 0 Å². The summed E-state index contributed by atoms with van der Waals surface area (Å²) in [4.78, 5) is 3.82. The van der Waals surface area contributed by atoms with Crippen molar-refractivity contribution in [1.29, 1.82) is 0 Å². The van der Waals surface area contributed by atoms with Crippen molar-refractivity contribution in [2.45, 2.75) is 6.92 Å². The summed E-state index contributed by atoms with van der Waals surface area (Å²) in [6.45, 7) is 2.19. The van der Waals surface area contributed by atoms with Gasteiger partial charge in [0.05, 0.1) is 0 Å². The number of rotatable bonds is 2. The molecule has 1 N–H and O–H groups in total. The lowest BCUT2D eigenvalue weighted by Crippen LogP contribution is -1.87. The van der Waals surface area contributed by atoms with E-state index in [4.69, 9.17) is 5.26 Å². The Morgan fingerprint density at radius 2 is 2.57 bits per heavy atom. The fraction of sp³-hybridized carbons (Fsp3) is 0.500. The van der Waals surface area contributed by atoms with Gasteiger partial charge >= 0.3 is 0 Å². The Labute approximate surface area is 56.2 Å². The van der Waals surface area contributed by atoms with Gasteiger partial charge in [0.1, 0.15) is 6.61 Å². The van der Waals surface area contributed by atoms with Crippen LogP contribution in [0.3, 0.4) is 0 Å². The summed E-state index contributed by atoms with van der Waals surface area (Å²) >= 11 is 2.08. The van der Waals surface area contributed by atoms with Crippen LogP contribution in [0.4, 0.5) is 0 Å². The molecule has 2 nitrogen and oxygen atoms in total. The van der Waals surface area contributed by atoms with Crippen LogP contribution < -0.4 is 0 Å². The van der Waals surface area contributed by atoms with Crippen LogP contribution in [0.2, 0.25) is 0 Å². The molecule has 0 amide bonds. The van der Waals surface area contributed by atoms with E-state index in [1.54, 1.807) is 0 Å². The molecular weight excluding hydrogens is 207 g/mol. The van der Waals surface area contributed by atoms with Crippen LogP contribution in [0.1, 0.15) is 6.92 Å². The van der Waals surface area contributed by atoms with E-state index in [0.29, 0.717) is 6.61 Å². The molecule has 3 heteroatoms. The van der Waals surface area contributed by atoms with Gasteiger partial charge < -0.3 is 0 Å². The summed E-state index contributed by atoms with van der Waals surface area (Å²) in [6.07, 6.45) is 0. The first-order valence-electron chi connectivity index (χ1n) is 1.83. The zero-order valence-corrected chi connectivity index (χ0v) is 6.18. The molecule has 0 heterocycles. The molecule has 0 radical (unpaired) electrons. The third kappa shape index (κ3) is 4.24. The SMILES string of the molecule is CC(=CI)COO. The van der Waals surface area contributed by atoms with Crippen LogP contribution in [0.15, 0.2) is 9.66 Å². The molecule has 0 aliphatic rings. The smallest absolute Gasteiger partial charge is 0.103 e. The highest BCUT2D eigenvalue weighted by Gasteiger charge is 1.82. The molecule has 0 aliphatic carbocycles. The molecule has 7 heavy (non-hydrogen) atoms. The van der Waals surface area contributed by atoms with Crippen molar-refractivity contribution in [2.24, 2.45) is 0 Å². The molecule has 42 valence electrons. The van der Waals surface area contributed by atoms with E-state index < -0.39 is 0 Å². The minimum absolute atomic E-state index is 0.308. The highest BCUT2D eigenvalue weighted by atomic mass is 127. The van der Waals surface area contributed by atoms with Gasteiger partial charge in [-0.05, 0) is 16.6 Å². The fourth-order valence-electron chi connectivity index (χ4n) is 0.133. The lowest BCUT2D eigenvalue weighted by atomic mass is 10.4. The maximum absolute atomic E-state index is 7.82. The number of hydrogen-bond donors (Lipinski definition) is 1. The molecule has 0 fully saturated rings. The van der Waals surface area contributed by atoms with Gasteiger partial charge in [-0.15, -0.1) is 0 Å². The van der Waals surface area contributed by atoms with E-state index in [9.17, 15) is 0 Å². The molecule has 0 saturated heterocycles. The van der Waals surface area contributed by atoms with E-state index in [-0.39, 0.29) is 0 Å². The third-order valence-electron chi connectivity index (χ3n) is 0.478. The second-order valence-corrected chi connectivity index (χ2v) is 1.85. The maximum atomic E-state index is 7.82. The van der Waals surface area contributed by atoms with E-state index in [1.807, 2.05) is 11.0 Å². The van der Waals surface area contributed by atoms with Crippen molar-refractivity contribution in [3.05, 3.63) is 9.66 Å². The first-order chi connectivity index (χ1) is 3.31. The molecule has 0 aromatic carbocycles. The fourth-order valence-corrected chi connectivity index (χ4v) is 0.313. The van der Waals surface area contributed by atoms with Crippen molar-refractivity contribution in [3.8, 4) is 0 Å². The molecule has 0 saturated carbocycles. The minimum Gasteiger partial charge on any atom is -0.251 e. The van der Waals surface area contributed by atoms with Gasteiger partial charge in [-0.2, -0.15) is 0 Å². The van der Waals surface area contributed by atoms with Gasteiger partial charge in [-0.1, -0.05) is 22.6 Å². The Hall–Kier alpha value is 0.390. The van der Waals surface area contributed by atoms with E-state index in [2.05, 4.69) is 27.5 Å². The highest BCUT2D eigenvalue weighted by Crippen LogP contribution is 1.95. The zero-order valence-electron chi connectivity index (χ0n) is 4.02. The first-order valence-corrected chi connectivity index (χ1v) is 3.08. The highest BCUT2D eigenvalue weighted by molar-refractivity contribution is 14.1. The molecule has 0 spiro atoms. The van der Waals surface area contributed by atoms with Gasteiger partial charge in [0.25, 0.3) is 0 Å². The lowest BCUT2D eigenvalue weighted by molar-refractivity contribution is -0.233. The Balaban J connectivity index is 3.17. The summed E-state index contributed by atoms with van der Waals surface area (Å²) in [7, 11) is 0. The van der Waals surface area contributed by atoms with Crippen molar-refractivity contribution in [1.82, 2.24) is 0 Å². The van der Waals surface area contributed by atoms with Gasteiger partial charge in [-0.25, -0.2) is 4.89 Å². The van der Waals surface area contributed by atoms with Crippen LogP contribution in [-0.2, 0) is 4.89 Å². The summed E-state index contributed by atoms with van der Waals surface area (Å²) in [6, 6.07) is 0. The van der Waals surface area contributed by atoms with Crippen LogP contribution in [0, 0.1) is 0 Å². The number of halogens is 1. The molecule has 0 atom stereocenters. The summed E-state index contributed by atoms with van der Waals surface area (Å²) < 4.78 is 1.86. The predicted octanol–water partition coefficient (Wildman–Crippen LogP) is 1.81. The molecule has 0 aromatic rings. The molecule has 0 aromatic heterocycles. The normalized spacial score (nSPS) is 12.1. The summed E-state index contributed by atoms with van der Waals surface area (Å²) in [5.74, 6) is 0. The predicted molar refractivity (Wildman–Crippen MR) is 36.4 cm³/mol. The Bertz CT molecular complexity index is 70.1. The van der Waals surface area contributed by atoms with Crippen LogP contribution >= 0.6 is 22.6 Å². The Morgan fingerprint density at radius 1 is 2.00 bits per heavy atom. The third-order valence-corrected chi connectivity index (χ3v) is 1.54. The molecule has 0 rings (SSSR count). The zero-order chi connectivity index (χ0) is 5.70. The molecule has 0 bridgehead atoms. The average molecular weight is 214 g/mol. The lowest BCUT2D eigenvalue weighted by Gasteiger charge is -1.90. The number of hydrogen-bond acceptors (Lipinski definition) is 2. The second kappa shape index (κ2) is 4.55. The average Bonchev–Trinajstić information content (AvgIpc) is 1.68. The Morgan fingerprint density at radius 3 is 2.71 bits per heavy atom. The standard InChI is InChI=1S/C4H7IO2/c1-4(2-5)3-7-6/h2,6H,3H2,1H3. The maximum Gasteiger partial charge on any atom is 0.103 e. The van der Waals surface area contributed by atoms with Gasteiger partial charge in [-0.3, -0.25) is 5.26 Å². The molecule has 0 aliphatic heterocycles. The summed E-state index contributed by atoms with van der Waals surface area (Å²) in [5, 5.41) is 7.82. The van der Waals surface area contributed by atoms with Crippen LogP contribution in [-0.4, -0.2) is 11.9 Å². The summed E-state index contributed by atoms with van der Waals surface area (Å²) in [5.41, 5.74) is 1.02. The minimum atomic E-state index is 0.308. The van der Waals surface area contributed by atoms with Crippen molar-refractivity contribution < 1.29 is 10.1 Å². The first kappa shape index (κ1) is 7.39. The second-order valence-electron chi connectivity index (χ2n) is 1.23. The topological polar surface area (TPSA) is 29.5 Å². The quantitative estimate of drug-likeness (QED) is 0.431. The Kier molecular flexibility index (Phi) is 4.80. The van der Waals surface area contributed by atoms with Crippen LogP contribution in [0.25, 0.3) is 0 Å². The molecular formula is C4H7IO2. The molecule has 0 unspecified atom stereocenters. The monoisotopic (exact) mass is 214 g/mol. The van der Waals surface area contributed by atoms with Gasteiger partial charge in [0, 0.05) is 0 Å². The van der Waals surface area contributed by atoms with Crippen LogP contribution in [0.5, 0.6) is 0 Å². The van der Waals surface area contributed by atoms with E-state index in [0.717, 1.165) is 5.57 Å². The van der Waals surface area contributed by atoms with E-state index in [1.165, 1.54) is 0 Å². The largest absolute Gasteiger partial charge is 0.251 e. The van der Waals surface area contributed by atoms with Crippen molar-refractivity contribution in [2.75, 3.05) is 6.61 Å².